The molecular formula is C14H11ClN2O3S2. The van der Waals surface area contributed by atoms with Gasteiger partial charge in [0, 0.05) is 4.88 Å². The van der Waals surface area contributed by atoms with E-state index in [9.17, 15) is 14.4 Å². The number of urea groups is 1. The van der Waals surface area contributed by atoms with Crippen molar-refractivity contribution in [2.24, 2.45) is 0 Å². The Bertz CT molecular complexity index is 756. The molecule has 1 unspecified atom stereocenters. The average Bonchev–Trinajstić information content (AvgIpc) is 3.17. The number of thiophene rings is 2. The molecule has 1 aliphatic rings. The third-order valence-corrected chi connectivity index (χ3v) is 5.80. The van der Waals surface area contributed by atoms with Crippen LogP contribution in [0.3, 0.4) is 0 Å². The lowest BCUT2D eigenvalue weighted by Gasteiger charge is -2.19. The van der Waals surface area contributed by atoms with Crippen LogP contribution < -0.4 is 5.32 Å². The molecule has 22 heavy (non-hydrogen) atoms. The second kappa shape index (κ2) is 5.49. The highest BCUT2D eigenvalue weighted by molar-refractivity contribution is 7.18. The Morgan fingerprint density at radius 2 is 2.14 bits per heavy atom. The zero-order valence-corrected chi connectivity index (χ0v) is 13.8. The number of hydrogen-bond donors (Lipinski definition) is 1. The zero-order chi connectivity index (χ0) is 15.9. The van der Waals surface area contributed by atoms with Crippen LogP contribution in [0.15, 0.2) is 29.6 Å². The fourth-order valence-corrected chi connectivity index (χ4v) is 4.06. The van der Waals surface area contributed by atoms with Crippen LogP contribution in [-0.2, 0) is 10.3 Å². The number of imide groups is 1. The van der Waals surface area contributed by atoms with Crippen molar-refractivity contribution in [3.05, 3.63) is 43.7 Å². The Labute approximate surface area is 139 Å². The van der Waals surface area contributed by atoms with Crippen LogP contribution in [0, 0.1) is 0 Å². The number of halogens is 1. The predicted octanol–water partition coefficient (Wildman–Crippen LogP) is 3.11. The maximum atomic E-state index is 12.6. The summed E-state index contributed by atoms with van der Waals surface area (Å²) in [5.74, 6) is -0.730. The van der Waals surface area contributed by atoms with Crippen molar-refractivity contribution in [2.75, 3.05) is 6.54 Å². The Morgan fingerprint density at radius 3 is 2.73 bits per heavy atom. The van der Waals surface area contributed by atoms with Gasteiger partial charge in [0.15, 0.2) is 11.3 Å². The number of carbonyl (C=O) groups is 3. The molecule has 1 N–H and O–H groups in total. The Morgan fingerprint density at radius 1 is 1.36 bits per heavy atom. The summed E-state index contributed by atoms with van der Waals surface area (Å²) in [6.07, 6.45) is 0. The molecule has 0 radical (unpaired) electrons. The number of carbonyl (C=O) groups excluding carboxylic acids is 3. The highest BCUT2D eigenvalue weighted by atomic mass is 35.5. The van der Waals surface area contributed by atoms with E-state index in [2.05, 4.69) is 5.32 Å². The van der Waals surface area contributed by atoms with E-state index >= 15 is 0 Å². The smallest absolute Gasteiger partial charge is 0.319 e. The van der Waals surface area contributed by atoms with E-state index in [4.69, 9.17) is 11.6 Å². The van der Waals surface area contributed by atoms with Crippen molar-refractivity contribution in [3.63, 3.8) is 0 Å². The zero-order valence-electron chi connectivity index (χ0n) is 11.5. The molecule has 0 aromatic carbocycles. The molecule has 3 amide bonds. The van der Waals surface area contributed by atoms with E-state index in [1.807, 2.05) is 11.4 Å². The normalized spacial score (nSPS) is 21.3. The maximum Gasteiger partial charge on any atom is 0.325 e. The van der Waals surface area contributed by atoms with E-state index in [1.165, 1.54) is 11.3 Å². The molecule has 1 fully saturated rings. The van der Waals surface area contributed by atoms with Crippen molar-refractivity contribution in [3.8, 4) is 0 Å². The van der Waals surface area contributed by atoms with Crippen molar-refractivity contribution in [1.29, 1.82) is 0 Å². The second-order valence-electron chi connectivity index (χ2n) is 4.95. The third kappa shape index (κ3) is 2.45. The first-order chi connectivity index (χ1) is 10.4. The van der Waals surface area contributed by atoms with Gasteiger partial charge in [-0.1, -0.05) is 17.7 Å². The highest BCUT2D eigenvalue weighted by Gasteiger charge is 2.50. The van der Waals surface area contributed by atoms with Gasteiger partial charge in [0.1, 0.15) is 0 Å². The molecule has 3 rings (SSSR count). The molecule has 114 valence electrons. The Kier molecular flexibility index (Phi) is 3.80. The number of nitrogens with zero attached hydrogens (tertiary/aromatic N) is 1. The summed E-state index contributed by atoms with van der Waals surface area (Å²) in [5.41, 5.74) is -1.11. The number of amides is 3. The van der Waals surface area contributed by atoms with Gasteiger partial charge >= 0.3 is 6.03 Å². The van der Waals surface area contributed by atoms with Gasteiger partial charge in [-0.25, -0.2) is 4.79 Å². The van der Waals surface area contributed by atoms with Crippen LogP contribution in [0.1, 0.15) is 21.5 Å². The standard InChI is InChI=1S/C14H11ClN2O3S2/c1-14(10-3-2-6-21-10)12(19)17(13(20)16-14)7-8(18)9-4-5-11(15)22-9/h2-6H,7H2,1H3,(H,16,20). The summed E-state index contributed by atoms with van der Waals surface area (Å²) >= 11 is 8.31. The van der Waals surface area contributed by atoms with E-state index in [-0.39, 0.29) is 12.3 Å². The molecule has 0 aliphatic carbocycles. The van der Waals surface area contributed by atoms with Gasteiger partial charge in [0.2, 0.25) is 0 Å². The largest absolute Gasteiger partial charge is 0.325 e. The summed E-state index contributed by atoms with van der Waals surface area (Å²) in [7, 11) is 0. The first-order valence-electron chi connectivity index (χ1n) is 6.38. The van der Waals surface area contributed by atoms with Crippen molar-refractivity contribution in [1.82, 2.24) is 10.2 Å². The summed E-state index contributed by atoms with van der Waals surface area (Å²) in [6.45, 7) is 1.36. The SMILES string of the molecule is CC1(c2cccs2)NC(=O)N(CC(=O)c2ccc(Cl)s2)C1=O. The van der Waals surface area contributed by atoms with Crippen molar-refractivity contribution >= 4 is 52.0 Å². The molecule has 5 nitrogen and oxygen atoms in total. The van der Waals surface area contributed by atoms with Crippen LogP contribution in [0.2, 0.25) is 4.34 Å². The molecule has 3 heterocycles. The molecule has 1 atom stereocenters. The number of nitrogens with one attached hydrogen (secondary N) is 1. The molecule has 0 bridgehead atoms. The molecule has 8 heteroatoms. The minimum absolute atomic E-state index is 0.289. The van der Waals surface area contributed by atoms with Gasteiger partial charge in [-0.05, 0) is 30.5 Å². The maximum absolute atomic E-state index is 12.6. The van der Waals surface area contributed by atoms with E-state index < -0.39 is 17.5 Å². The van der Waals surface area contributed by atoms with Crippen LogP contribution in [-0.4, -0.2) is 29.2 Å². The first kappa shape index (κ1) is 15.2. The highest BCUT2D eigenvalue weighted by Crippen LogP contribution is 2.32. The molecule has 1 aliphatic heterocycles. The number of rotatable bonds is 4. The van der Waals surface area contributed by atoms with Crippen LogP contribution in [0.5, 0.6) is 0 Å². The molecule has 0 saturated carbocycles. The Balaban J connectivity index is 1.82. The van der Waals surface area contributed by atoms with Crippen LogP contribution >= 0.6 is 34.3 Å². The van der Waals surface area contributed by atoms with E-state index in [0.717, 1.165) is 21.1 Å². The lowest BCUT2D eigenvalue weighted by molar-refractivity contribution is -0.130. The fourth-order valence-electron chi connectivity index (χ4n) is 2.26. The van der Waals surface area contributed by atoms with E-state index in [0.29, 0.717) is 9.21 Å². The summed E-state index contributed by atoms with van der Waals surface area (Å²) in [4.78, 5) is 39.0. The average molecular weight is 355 g/mol. The first-order valence-corrected chi connectivity index (χ1v) is 8.46. The quantitative estimate of drug-likeness (QED) is 0.677. The molecule has 1 saturated heterocycles. The summed E-state index contributed by atoms with van der Waals surface area (Å²) in [5, 5.41) is 4.50. The molecule has 2 aromatic rings. The van der Waals surface area contributed by atoms with Crippen LogP contribution in [0.4, 0.5) is 4.79 Å². The van der Waals surface area contributed by atoms with Gasteiger partial charge in [-0.3, -0.25) is 14.5 Å². The molecular weight excluding hydrogens is 344 g/mol. The summed E-state index contributed by atoms with van der Waals surface area (Å²) in [6, 6.07) is 6.24. The summed E-state index contributed by atoms with van der Waals surface area (Å²) < 4.78 is 0.490. The molecule has 0 spiro atoms. The van der Waals surface area contributed by atoms with E-state index in [1.54, 1.807) is 25.1 Å². The lowest BCUT2D eigenvalue weighted by atomic mass is 10.0. The monoisotopic (exact) mass is 354 g/mol. The van der Waals surface area contributed by atoms with Crippen molar-refractivity contribution in [2.45, 2.75) is 12.5 Å². The van der Waals surface area contributed by atoms with Crippen LogP contribution in [0.25, 0.3) is 0 Å². The number of Topliss-reactive ketones (excluding diaryl/α,β-unsaturated/α-hetero) is 1. The van der Waals surface area contributed by atoms with Gasteiger partial charge < -0.3 is 5.32 Å². The minimum Gasteiger partial charge on any atom is -0.319 e. The minimum atomic E-state index is -1.11. The topological polar surface area (TPSA) is 66.5 Å². The number of hydrogen-bond acceptors (Lipinski definition) is 5. The van der Waals surface area contributed by atoms with Gasteiger partial charge in [-0.2, -0.15) is 0 Å². The second-order valence-corrected chi connectivity index (χ2v) is 7.61. The predicted molar refractivity (Wildman–Crippen MR) is 85.6 cm³/mol. The van der Waals surface area contributed by atoms with Gasteiger partial charge in [0.05, 0.1) is 15.8 Å². The van der Waals surface area contributed by atoms with Gasteiger partial charge in [-0.15, -0.1) is 22.7 Å². The fraction of sp³-hybridized carbons (Fsp3) is 0.214. The van der Waals surface area contributed by atoms with Crippen molar-refractivity contribution < 1.29 is 14.4 Å². The third-order valence-electron chi connectivity index (χ3n) is 3.44. The Hall–Kier alpha value is -1.70. The van der Waals surface area contributed by atoms with Gasteiger partial charge in [0.25, 0.3) is 5.91 Å². The molecule has 2 aromatic heterocycles. The lowest BCUT2D eigenvalue weighted by Crippen LogP contribution is -2.40. The number of ketones is 1.